The number of nitrogens with one attached hydrogen (secondary N) is 1. The van der Waals surface area contributed by atoms with Crippen LogP contribution in [0.15, 0.2) is 21.7 Å². The van der Waals surface area contributed by atoms with Crippen molar-refractivity contribution in [2.45, 2.75) is 58.0 Å². The Balaban J connectivity index is 0.000000381. The van der Waals surface area contributed by atoms with Crippen LogP contribution in [0.1, 0.15) is 47.5 Å². The summed E-state index contributed by atoms with van der Waals surface area (Å²) >= 11 is 3.12. The molecular weight excluding hydrogens is 378 g/mol. The van der Waals surface area contributed by atoms with Crippen LogP contribution in [0.5, 0.6) is 0 Å². The monoisotopic (exact) mass is 403 g/mol. The highest BCUT2D eigenvalue weighted by Gasteiger charge is 2.14. The number of thiophene rings is 2. The number of hydrogen-bond acceptors (Lipinski definition) is 6. The molecule has 5 nitrogen and oxygen atoms in total. The summed E-state index contributed by atoms with van der Waals surface area (Å²) in [6, 6.07) is 2.01. The van der Waals surface area contributed by atoms with Crippen LogP contribution < -0.4 is 4.72 Å². The van der Waals surface area contributed by atoms with Crippen molar-refractivity contribution in [3.63, 3.8) is 0 Å². The molecule has 0 bridgehead atoms. The molecule has 0 aliphatic rings. The average molecular weight is 404 g/mol. The van der Waals surface area contributed by atoms with E-state index in [4.69, 9.17) is 0 Å². The third kappa shape index (κ3) is 8.11. The summed E-state index contributed by atoms with van der Waals surface area (Å²) in [7, 11) is -1.43. The van der Waals surface area contributed by atoms with Crippen LogP contribution in [0.2, 0.25) is 0 Å². The van der Waals surface area contributed by atoms with Gasteiger partial charge in [-0.1, -0.05) is 13.8 Å². The molecule has 1 atom stereocenters. The van der Waals surface area contributed by atoms with Gasteiger partial charge in [0, 0.05) is 16.5 Å². The van der Waals surface area contributed by atoms with Crippen LogP contribution in [-0.4, -0.2) is 22.2 Å². The maximum absolute atomic E-state index is 12.1. The van der Waals surface area contributed by atoms with Crippen molar-refractivity contribution in [1.82, 2.24) is 4.72 Å². The van der Waals surface area contributed by atoms with Crippen molar-refractivity contribution in [2.24, 2.45) is 5.92 Å². The highest BCUT2D eigenvalue weighted by Crippen LogP contribution is 2.32. The second-order valence-corrected chi connectivity index (χ2v) is 9.78. The summed E-state index contributed by atoms with van der Waals surface area (Å²) in [6.45, 7) is 10.1. The van der Waals surface area contributed by atoms with E-state index in [1.54, 1.807) is 22.7 Å². The van der Waals surface area contributed by atoms with Gasteiger partial charge in [-0.25, -0.2) is 4.21 Å². The van der Waals surface area contributed by atoms with Crippen LogP contribution >= 0.6 is 22.7 Å². The zero-order valence-electron chi connectivity index (χ0n) is 15.2. The Labute approximate surface area is 159 Å². The molecule has 0 aliphatic carbocycles. The highest BCUT2D eigenvalue weighted by molar-refractivity contribution is 7.84. The van der Waals surface area contributed by atoms with Crippen molar-refractivity contribution >= 4 is 55.4 Å². The quantitative estimate of drug-likeness (QED) is 0.721. The summed E-state index contributed by atoms with van der Waals surface area (Å²) in [6.07, 6.45) is 1.25. The standard InChI is InChI=1S/C12H15NO2S3.C5H10O2/c1-8(2)3-4-11(14)13-18(15)10-7-17-9-5-6-16-12(9)10;1-5(2,3)7-4-6/h5-8H,3-4H2,1-2H3,(H,13,14);4H,1-3H3. The van der Waals surface area contributed by atoms with Gasteiger partial charge in [-0.3, -0.25) is 14.3 Å². The Bertz CT molecular complexity index is 713. The first-order valence-corrected chi connectivity index (χ1v) is 10.8. The number of carbonyl (C=O) groups excluding carboxylic acids is 2. The Morgan fingerprint density at radius 3 is 2.56 bits per heavy atom. The first kappa shape index (κ1) is 21.8. The molecule has 0 radical (unpaired) electrons. The minimum atomic E-state index is -1.43. The number of amides is 1. The Morgan fingerprint density at radius 1 is 1.36 bits per heavy atom. The Morgan fingerprint density at radius 2 is 2.04 bits per heavy atom. The third-order valence-electron chi connectivity index (χ3n) is 2.90. The molecular formula is C17H25NO4S3. The van der Waals surface area contributed by atoms with Gasteiger partial charge in [0.25, 0.3) is 6.47 Å². The van der Waals surface area contributed by atoms with E-state index < -0.39 is 11.0 Å². The van der Waals surface area contributed by atoms with Gasteiger partial charge < -0.3 is 4.74 Å². The summed E-state index contributed by atoms with van der Waals surface area (Å²) in [5.41, 5.74) is -0.318. The van der Waals surface area contributed by atoms with Crippen molar-refractivity contribution in [2.75, 3.05) is 0 Å². The molecule has 2 heterocycles. The lowest BCUT2D eigenvalue weighted by Crippen LogP contribution is -2.25. The van der Waals surface area contributed by atoms with E-state index in [1.807, 2.05) is 37.6 Å². The normalized spacial score (nSPS) is 12.4. The zero-order valence-corrected chi connectivity index (χ0v) is 17.6. The van der Waals surface area contributed by atoms with Gasteiger partial charge in [0.2, 0.25) is 5.91 Å². The molecule has 8 heteroatoms. The van der Waals surface area contributed by atoms with E-state index in [2.05, 4.69) is 23.3 Å². The largest absolute Gasteiger partial charge is 0.462 e. The second-order valence-electron chi connectivity index (χ2n) is 6.77. The van der Waals surface area contributed by atoms with Gasteiger partial charge in [0.1, 0.15) is 5.60 Å². The highest BCUT2D eigenvalue weighted by atomic mass is 32.2. The Hall–Kier alpha value is -1.25. The lowest BCUT2D eigenvalue weighted by atomic mass is 10.1. The fourth-order valence-corrected chi connectivity index (χ4v) is 5.13. The molecule has 25 heavy (non-hydrogen) atoms. The van der Waals surface area contributed by atoms with Crippen LogP contribution in [0.4, 0.5) is 0 Å². The fraction of sp³-hybridized carbons (Fsp3) is 0.529. The number of rotatable bonds is 6. The van der Waals surface area contributed by atoms with Gasteiger partial charge in [-0.2, -0.15) is 0 Å². The van der Waals surface area contributed by atoms with E-state index in [0.717, 1.165) is 20.7 Å². The number of hydrogen-bond donors (Lipinski definition) is 1. The minimum Gasteiger partial charge on any atom is -0.462 e. The molecule has 2 rings (SSSR count). The van der Waals surface area contributed by atoms with Crippen LogP contribution in [0, 0.1) is 5.92 Å². The molecule has 0 aromatic carbocycles. The summed E-state index contributed by atoms with van der Waals surface area (Å²) in [4.78, 5) is 22.0. The minimum absolute atomic E-state index is 0.141. The van der Waals surface area contributed by atoms with E-state index >= 15 is 0 Å². The predicted molar refractivity (Wildman–Crippen MR) is 105 cm³/mol. The van der Waals surface area contributed by atoms with Gasteiger partial charge in [0.15, 0.2) is 11.0 Å². The molecule has 1 unspecified atom stereocenters. The first-order valence-electron chi connectivity index (χ1n) is 7.91. The predicted octanol–water partition coefficient (Wildman–Crippen LogP) is 4.50. The third-order valence-corrected chi connectivity index (χ3v) is 6.34. The van der Waals surface area contributed by atoms with Crippen LogP contribution in [-0.2, 0) is 25.3 Å². The van der Waals surface area contributed by atoms with Crippen molar-refractivity contribution in [3.05, 3.63) is 16.8 Å². The number of fused-ring (bicyclic) bond motifs is 1. The molecule has 140 valence electrons. The summed E-state index contributed by atoms with van der Waals surface area (Å²) < 4.78 is 21.3. The summed E-state index contributed by atoms with van der Waals surface area (Å²) in [5, 5.41) is 3.84. The Kier molecular flexibility index (Phi) is 8.75. The van der Waals surface area contributed by atoms with E-state index in [9.17, 15) is 13.8 Å². The van der Waals surface area contributed by atoms with Crippen molar-refractivity contribution in [3.8, 4) is 0 Å². The maximum atomic E-state index is 12.1. The molecule has 0 spiro atoms. The number of ether oxygens (including phenoxy) is 1. The molecule has 2 aromatic rings. The lowest BCUT2D eigenvalue weighted by Gasteiger charge is -2.14. The van der Waals surface area contributed by atoms with Gasteiger partial charge in [0.05, 0.1) is 9.60 Å². The van der Waals surface area contributed by atoms with E-state index in [-0.39, 0.29) is 11.5 Å². The lowest BCUT2D eigenvalue weighted by molar-refractivity contribution is -0.138. The molecule has 0 saturated heterocycles. The second kappa shape index (κ2) is 10.0. The summed E-state index contributed by atoms with van der Waals surface area (Å²) in [5.74, 6) is 0.340. The van der Waals surface area contributed by atoms with Gasteiger partial charge in [-0.15, -0.1) is 22.7 Å². The molecule has 0 saturated carbocycles. The SMILES string of the molecule is CC(C)(C)OC=O.CC(C)CCC(=O)NS(=O)c1csc2ccsc12. The smallest absolute Gasteiger partial charge is 0.293 e. The van der Waals surface area contributed by atoms with Crippen LogP contribution in [0.3, 0.4) is 0 Å². The maximum Gasteiger partial charge on any atom is 0.293 e. The average Bonchev–Trinajstić information content (AvgIpc) is 3.06. The molecule has 1 N–H and O–H groups in total. The molecule has 0 fully saturated rings. The molecule has 1 amide bonds. The fourth-order valence-electron chi connectivity index (χ4n) is 1.64. The van der Waals surface area contributed by atoms with Crippen molar-refractivity contribution in [1.29, 1.82) is 0 Å². The van der Waals surface area contributed by atoms with Crippen LogP contribution in [0.25, 0.3) is 9.40 Å². The van der Waals surface area contributed by atoms with E-state index in [0.29, 0.717) is 18.8 Å². The number of carbonyl (C=O) groups is 2. The van der Waals surface area contributed by atoms with Crippen molar-refractivity contribution < 1.29 is 18.5 Å². The van der Waals surface area contributed by atoms with Gasteiger partial charge in [-0.05, 0) is 44.6 Å². The van der Waals surface area contributed by atoms with E-state index in [1.165, 1.54) is 0 Å². The molecule has 0 aliphatic heterocycles. The first-order chi connectivity index (χ1) is 11.6. The zero-order chi connectivity index (χ0) is 19.0. The topological polar surface area (TPSA) is 72.5 Å². The van der Waals surface area contributed by atoms with Gasteiger partial charge >= 0.3 is 0 Å². The molecule has 2 aromatic heterocycles.